The van der Waals surface area contributed by atoms with Gasteiger partial charge in [0.05, 0.1) is 6.61 Å². The van der Waals surface area contributed by atoms with Crippen molar-refractivity contribution in [3.63, 3.8) is 0 Å². The lowest BCUT2D eigenvalue weighted by Gasteiger charge is -2.29. The summed E-state index contributed by atoms with van der Waals surface area (Å²) >= 11 is 1.98. The maximum atomic E-state index is 9.19. The van der Waals surface area contributed by atoms with Gasteiger partial charge in [-0.3, -0.25) is 0 Å². The number of nitrogens with one attached hydrogen (secondary N) is 1. The van der Waals surface area contributed by atoms with Crippen LogP contribution in [0.5, 0.6) is 0 Å². The third kappa shape index (κ3) is 5.55. The van der Waals surface area contributed by atoms with E-state index in [1.54, 1.807) is 0 Å². The predicted octanol–water partition coefficient (Wildman–Crippen LogP) is 1.88. The Morgan fingerprint density at radius 2 is 2.15 bits per heavy atom. The van der Waals surface area contributed by atoms with Crippen LogP contribution in [0.3, 0.4) is 0 Å². The highest BCUT2D eigenvalue weighted by atomic mass is 32.2. The highest BCUT2D eigenvalue weighted by Crippen LogP contribution is 2.21. The van der Waals surface area contributed by atoms with E-state index < -0.39 is 0 Å². The van der Waals surface area contributed by atoms with E-state index in [0.29, 0.717) is 5.25 Å². The number of hydrogen-bond donors (Lipinski definition) is 2. The highest BCUT2D eigenvalue weighted by Gasteiger charge is 2.23. The van der Waals surface area contributed by atoms with Gasteiger partial charge in [0.1, 0.15) is 0 Å². The molecule has 0 spiro atoms. The molecule has 0 aliphatic carbocycles. The molecule has 2 unspecified atom stereocenters. The fourth-order valence-corrected chi connectivity index (χ4v) is 2.38. The quantitative estimate of drug-likeness (QED) is 0.665. The first-order chi connectivity index (χ1) is 6.08. The van der Waals surface area contributed by atoms with Crippen LogP contribution in [0.4, 0.5) is 0 Å². The molecule has 3 heteroatoms. The van der Waals surface area contributed by atoms with Crippen LogP contribution < -0.4 is 5.32 Å². The fourth-order valence-electron chi connectivity index (χ4n) is 1.26. The second kappa shape index (κ2) is 6.68. The molecule has 2 N–H and O–H groups in total. The van der Waals surface area contributed by atoms with Crippen LogP contribution in [0.15, 0.2) is 0 Å². The number of aliphatic hydroxyl groups is 1. The smallest absolute Gasteiger partial charge is 0.0610 e. The van der Waals surface area contributed by atoms with Gasteiger partial charge < -0.3 is 10.4 Å². The Bertz CT molecular complexity index is 126. The molecule has 0 saturated heterocycles. The van der Waals surface area contributed by atoms with Crippen molar-refractivity contribution in [1.82, 2.24) is 5.32 Å². The first-order valence-corrected chi connectivity index (χ1v) is 6.04. The van der Waals surface area contributed by atoms with E-state index in [1.807, 2.05) is 18.8 Å². The lowest BCUT2D eigenvalue weighted by molar-refractivity contribution is 0.174. The average Bonchev–Trinajstić information content (AvgIpc) is 2.14. The maximum absolute atomic E-state index is 9.19. The topological polar surface area (TPSA) is 32.3 Å². The van der Waals surface area contributed by atoms with Crippen LogP contribution in [0.25, 0.3) is 0 Å². The minimum atomic E-state index is -0.111. The minimum Gasteiger partial charge on any atom is -0.394 e. The Morgan fingerprint density at radius 1 is 1.54 bits per heavy atom. The van der Waals surface area contributed by atoms with E-state index in [4.69, 9.17) is 0 Å². The van der Waals surface area contributed by atoms with Crippen molar-refractivity contribution in [2.75, 3.05) is 19.4 Å². The van der Waals surface area contributed by atoms with Crippen molar-refractivity contribution in [3.05, 3.63) is 0 Å². The van der Waals surface area contributed by atoms with Crippen LogP contribution in [0.2, 0.25) is 0 Å². The molecule has 13 heavy (non-hydrogen) atoms. The molecular weight excluding hydrogens is 182 g/mol. The molecule has 0 heterocycles. The van der Waals surface area contributed by atoms with E-state index >= 15 is 0 Å². The molecule has 0 aliphatic heterocycles. The molecule has 0 amide bonds. The van der Waals surface area contributed by atoms with Gasteiger partial charge in [0.15, 0.2) is 0 Å². The number of rotatable bonds is 7. The Balaban J connectivity index is 3.79. The second-order valence-electron chi connectivity index (χ2n) is 3.85. The van der Waals surface area contributed by atoms with Gasteiger partial charge in [-0.05, 0) is 32.6 Å². The summed E-state index contributed by atoms with van der Waals surface area (Å²) in [4.78, 5) is 0. The van der Waals surface area contributed by atoms with Gasteiger partial charge in [-0.25, -0.2) is 0 Å². The largest absolute Gasteiger partial charge is 0.394 e. The van der Waals surface area contributed by atoms with Gasteiger partial charge in [-0.15, -0.1) is 0 Å². The number of thioether (sulfide) groups is 1. The Morgan fingerprint density at radius 3 is 2.54 bits per heavy atom. The molecule has 80 valence electrons. The van der Waals surface area contributed by atoms with Crippen LogP contribution in [0, 0.1) is 0 Å². The monoisotopic (exact) mass is 205 g/mol. The molecule has 0 saturated carbocycles. The first-order valence-electron chi connectivity index (χ1n) is 4.99. The fraction of sp³-hybridized carbons (Fsp3) is 1.00. The summed E-state index contributed by atoms with van der Waals surface area (Å²) in [6, 6.07) is 0. The Kier molecular flexibility index (Phi) is 6.82. The van der Waals surface area contributed by atoms with E-state index in [2.05, 4.69) is 26.1 Å². The van der Waals surface area contributed by atoms with Crippen LogP contribution in [0.1, 0.15) is 33.6 Å². The second-order valence-corrected chi connectivity index (χ2v) is 5.40. The van der Waals surface area contributed by atoms with Crippen LogP contribution >= 0.6 is 11.8 Å². The third-order valence-electron chi connectivity index (χ3n) is 2.30. The molecule has 0 aromatic carbocycles. The summed E-state index contributed by atoms with van der Waals surface area (Å²) in [5.74, 6) is 1.21. The zero-order valence-corrected chi connectivity index (χ0v) is 10.1. The average molecular weight is 205 g/mol. The standard InChI is InChI=1S/C10H23NOS/c1-5-6-13-9(2)7-10(3,8-12)11-4/h9,11-12H,5-8H2,1-4H3. The SMILES string of the molecule is CCCSC(C)CC(C)(CO)NC. The van der Waals surface area contributed by atoms with Crippen molar-refractivity contribution in [2.45, 2.75) is 44.4 Å². The first kappa shape index (κ1) is 13.3. The molecule has 0 aromatic heterocycles. The highest BCUT2D eigenvalue weighted by molar-refractivity contribution is 7.99. The van der Waals surface area contributed by atoms with Crippen molar-refractivity contribution < 1.29 is 5.11 Å². The predicted molar refractivity (Wildman–Crippen MR) is 61.4 cm³/mol. The van der Waals surface area contributed by atoms with Gasteiger partial charge in [-0.1, -0.05) is 13.8 Å². The summed E-state index contributed by atoms with van der Waals surface area (Å²) in [6.45, 7) is 6.70. The van der Waals surface area contributed by atoms with Crippen molar-refractivity contribution in [3.8, 4) is 0 Å². The van der Waals surface area contributed by atoms with E-state index in [0.717, 1.165) is 6.42 Å². The van der Waals surface area contributed by atoms with Crippen LogP contribution in [-0.2, 0) is 0 Å². The molecule has 0 aromatic rings. The molecule has 2 nitrogen and oxygen atoms in total. The normalized spacial score (nSPS) is 18.2. The summed E-state index contributed by atoms with van der Waals surface area (Å²) in [7, 11) is 1.91. The minimum absolute atomic E-state index is 0.111. The van der Waals surface area contributed by atoms with Crippen molar-refractivity contribution in [1.29, 1.82) is 0 Å². The van der Waals surface area contributed by atoms with Gasteiger partial charge >= 0.3 is 0 Å². The summed E-state index contributed by atoms with van der Waals surface area (Å²) in [6.07, 6.45) is 2.25. The van der Waals surface area contributed by atoms with Crippen molar-refractivity contribution in [2.24, 2.45) is 0 Å². The molecule has 0 bridgehead atoms. The van der Waals surface area contributed by atoms with Gasteiger partial charge in [0, 0.05) is 10.8 Å². The third-order valence-corrected chi connectivity index (χ3v) is 3.68. The van der Waals surface area contributed by atoms with Gasteiger partial charge in [-0.2, -0.15) is 11.8 Å². The number of aliphatic hydroxyl groups excluding tert-OH is 1. The lowest BCUT2D eigenvalue weighted by Crippen LogP contribution is -2.45. The number of likely N-dealkylation sites (N-methyl/N-ethyl adjacent to an activating group) is 1. The Labute approximate surface area is 86.5 Å². The zero-order chi connectivity index (χ0) is 10.3. The maximum Gasteiger partial charge on any atom is 0.0610 e. The molecule has 0 fully saturated rings. The van der Waals surface area contributed by atoms with E-state index in [-0.39, 0.29) is 12.1 Å². The molecular formula is C10H23NOS. The Hall–Kier alpha value is 0.270. The molecule has 0 radical (unpaired) electrons. The zero-order valence-electron chi connectivity index (χ0n) is 9.26. The van der Waals surface area contributed by atoms with Crippen LogP contribution in [-0.4, -0.2) is 35.3 Å². The summed E-state index contributed by atoms with van der Waals surface area (Å²) in [5.41, 5.74) is -0.111. The lowest BCUT2D eigenvalue weighted by atomic mass is 9.98. The van der Waals surface area contributed by atoms with E-state index in [9.17, 15) is 5.11 Å². The van der Waals surface area contributed by atoms with Crippen molar-refractivity contribution >= 4 is 11.8 Å². The van der Waals surface area contributed by atoms with Gasteiger partial charge in [0.2, 0.25) is 0 Å². The molecule has 0 aliphatic rings. The summed E-state index contributed by atoms with van der Waals surface area (Å²) < 4.78 is 0. The molecule has 2 atom stereocenters. The summed E-state index contributed by atoms with van der Waals surface area (Å²) in [5, 5.41) is 13.0. The van der Waals surface area contributed by atoms with E-state index in [1.165, 1.54) is 12.2 Å². The number of hydrogen-bond acceptors (Lipinski definition) is 3. The van der Waals surface area contributed by atoms with Gasteiger partial charge in [0.25, 0.3) is 0 Å². The molecule has 0 rings (SSSR count).